The van der Waals surface area contributed by atoms with Gasteiger partial charge in [-0.2, -0.15) is 0 Å². The summed E-state index contributed by atoms with van der Waals surface area (Å²) in [5.74, 6) is 0. The maximum absolute atomic E-state index is 7.04. The molecule has 1 aliphatic rings. The molecule has 1 heterocycles. The van der Waals surface area contributed by atoms with Gasteiger partial charge in [0.25, 0.3) is 0 Å². The van der Waals surface area contributed by atoms with Gasteiger partial charge in [-0.1, -0.05) is 224 Å². The van der Waals surface area contributed by atoms with Gasteiger partial charge in [0.1, 0.15) is 11.2 Å². The van der Waals surface area contributed by atoms with Crippen molar-refractivity contribution in [1.82, 2.24) is 0 Å². The van der Waals surface area contributed by atoms with Crippen LogP contribution >= 0.6 is 0 Å². The number of rotatable bonds is 8. The van der Waals surface area contributed by atoms with Crippen molar-refractivity contribution in [3.05, 3.63) is 295 Å². The first kappa shape index (κ1) is 40.8. The van der Waals surface area contributed by atoms with E-state index in [9.17, 15) is 0 Å². The maximum atomic E-state index is 7.04. The van der Waals surface area contributed by atoms with E-state index in [1.807, 2.05) is 0 Å². The molecule has 2 heteroatoms. The van der Waals surface area contributed by atoms with Gasteiger partial charge in [-0.25, -0.2) is 0 Å². The van der Waals surface area contributed by atoms with Gasteiger partial charge in [0.2, 0.25) is 0 Å². The van der Waals surface area contributed by atoms with Crippen molar-refractivity contribution < 1.29 is 4.42 Å². The van der Waals surface area contributed by atoms with Gasteiger partial charge in [-0.15, -0.1) is 0 Å². The molecule has 1 aromatic heterocycles. The average Bonchev–Trinajstić information content (AvgIpc) is 3.98. The van der Waals surface area contributed by atoms with Crippen molar-refractivity contribution in [2.24, 2.45) is 0 Å². The van der Waals surface area contributed by atoms with Crippen molar-refractivity contribution in [3.8, 4) is 44.5 Å². The van der Waals surface area contributed by atoms with Gasteiger partial charge < -0.3 is 9.32 Å². The van der Waals surface area contributed by atoms with Crippen LogP contribution in [0.3, 0.4) is 0 Å². The molecule has 0 unspecified atom stereocenters. The molecule has 0 bridgehead atoms. The minimum Gasteiger partial charge on any atom is -0.455 e. The second-order valence-electron chi connectivity index (χ2n) is 18.7. The van der Waals surface area contributed by atoms with E-state index < -0.39 is 5.41 Å². The van der Waals surface area contributed by atoms with Crippen LogP contribution in [0.1, 0.15) is 22.3 Å². The SMILES string of the molecule is c1ccc(C2(c3ccccc3)c3ccccc3-c3ccc(N(c4ccc(-c5cccc(-c6cccc7ccccc67)c5)cc4)c4ccc(-c5cccc6ccccc56)c5oc6ccccc6c45)cc32)cc1. The van der Waals surface area contributed by atoms with E-state index in [1.54, 1.807) is 0 Å². The number of anilines is 3. The molecular weight excluding hydrogens is 859 g/mol. The lowest BCUT2D eigenvalue weighted by Gasteiger charge is -2.35. The summed E-state index contributed by atoms with van der Waals surface area (Å²) in [5.41, 5.74) is 18.8. The molecular formula is C69H45NO. The lowest BCUT2D eigenvalue weighted by atomic mass is 9.67. The van der Waals surface area contributed by atoms with Crippen molar-refractivity contribution >= 4 is 60.5 Å². The van der Waals surface area contributed by atoms with Crippen molar-refractivity contribution in [3.63, 3.8) is 0 Å². The predicted octanol–water partition coefficient (Wildman–Crippen LogP) is 18.7. The van der Waals surface area contributed by atoms with Gasteiger partial charge in [-0.3, -0.25) is 0 Å². The Balaban J connectivity index is 1.01. The van der Waals surface area contributed by atoms with Crippen LogP contribution in [0.5, 0.6) is 0 Å². The maximum Gasteiger partial charge on any atom is 0.145 e. The summed E-state index contributed by atoms with van der Waals surface area (Å²) in [4.78, 5) is 2.46. The van der Waals surface area contributed by atoms with Crippen LogP contribution in [-0.2, 0) is 5.41 Å². The smallest absolute Gasteiger partial charge is 0.145 e. The Morgan fingerprint density at radius 2 is 0.845 bits per heavy atom. The van der Waals surface area contributed by atoms with E-state index in [-0.39, 0.29) is 0 Å². The Hall–Kier alpha value is -9.24. The molecule has 12 aromatic carbocycles. The fraction of sp³-hybridized carbons (Fsp3) is 0.0145. The number of hydrogen-bond acceptors (Lipinski definition) is 2. The highest BCUT2D eigenvalue weighted by atomic mass is 16.3. The summed E-state index contributed by atoms with van der Waals surface area (Å²) in [6, 6.07) is 99.8. The molecule has 332 valence electrons. The van der Waals surface area contributed by atoms with Crippen LogP contribution in [0.4, 0.5) is 17.1 Å². The molecule has 13 aromatic rings. The van der Waals surface area contributed by atoms with Gasteiger partial charge in [-0.05, 0) is 131 Å². The molecule has 0 spiro atoms. The zero-order chi connectivity index (χ0) is 46.9. The summed E-state index contributed by atoms with van der Waals surface area (Å²) < 4.78 is 7.04. The van der Waals surface area contributed by atoms with E-state index in [0.29, 0.717) is 0 Å². The molecule has 0 atom stereocenters. The minimum absolute atomic E-state index is 0.565. The van der Waals surface area contributed by atoms with Crippen molar-refractivity contribution in [1.29, 1.82) is 0 Å². The highest BCUT2D eigenvalue weighted by Crippen LogP contribution is 2.58. The third-order valence-electron chi connectivity index (χ3n) is 14.9. The Bertz CT molecular complexity index is 4120. The Morgan fingerprint density at radius 1 is 0.310 bits per heavy atom. The van der Waals surface area contributed by atoms with Crippen molar-refractivity contribution in [2.45, 2.75) is 5.41 Å². The van der Waals surface area contributed by atoms with Crippen LogP contribution in [0.15, 0.2) is 277 Å². The second kappa shape index (κ2) is 16.5. The highest BCUT2D eigenvalue weighted by Gasteiger charge is 2.46. The molecule has 14 rings (SSSR count). The Labute approximate surface area is 413 Å². The number of fused-ring (bicyclic) bond motifs is 8. The van der Waals surface area contributed by atoms with E-state index in [0.717, 1.165) is 55.7 Å². The van der Waals surface area contributed by atoms with E-state index in [2.05, 4.69) is 278 Å². The average molecular weight is 904 g/mol. The monoisotopic (exact) mass is 903 g/mol. The number of furan rings is 1. The topological polar surface area (TPSA) is 16.4 Å². The first-order valence-electron chi connectivity index (χ1n) is 24.5. The molecule has 71 heavy (non-hydrogen) atoms. The van der Waals surface area contributed by atoms with Gasteiger partial charge in [0, 0.05) is 22.3 Å². The lowest BCUT2D eigenvalue weighted by molar-refractivity contribution is 0.670. The van der Waals surface area contributed by atoms with Gasteiger partial charge in [0.05, 0.1) is 16.5 Å². The van der Waals surface area contributed by atoms with Gasteiger partial charge >= 0.3 is 0 Å². The first-order chi connectivity index (χ1) is 35.2. The molecule has 0 fully saturated rings. The molecule has 0 aliphatic heterocycles. The predicted molar refractivity (Wildman–Crippen MR) is 297 cm³/mol. The van der Waals surface area contributed by atoms with Crippen LogP contribution < -0.4 is 4.90 Å². The number of nitrogens with zero attached hydrogens (tertiary/aromatic N) is 1. The molecule has 0 radical (unpaired) electrons. The third-order valence-corrected chi connectivity index (χ3v) is 14.9. The Kier molecular flexibility index (Phi) is 9.47. The standard InChI is InChI=1S/C69H45NO/c1-3-24-51(25-4-1)69(52-26-5-2-6-27-52)63-34-13-11-30-59(63)60-41-40-54(45-64(60)69)70(53-38-36-46(37-39-53)49-22-15-23-50(44-49)57-32-16-20-47-18-7-9-28-55(47)57)65-43-42-61(58-33-17-21-48-19-8-10-29-56(48)58)68-67(65)62-31-12-14-35-66(62)71-68/h1-45H. The van der Waals surface area contributed by atoms with Crippen LogP contribution in [0.25, 0.3) is 88.0 Å². The van der Waals surface area contributed by atoms with Crippen LogP contribution in [0.2, 0.25) is 0 Å². The van der Waals surface area contributed by atoms with E-state index in [4.69, 9.17) is 4.42 Å². The molecule has 0 amide bonds. The zero-order valence-electron chi connectivity index (χ0n) is 38.8. The first-order valence-corrected chi connectivity index (χ1v) is 24.5. The number of para-hydroxylation sites is 1. The quantitative estimate of drug-likeness (QED) is 0.151. The number of benzene rings is 12. The fourth-order valence-corrected chi connectivity index (χ4v) is 11.8. The summed E-state index contributed by atoms with van der Waals surface area (Å²) >= 11 is 0. The van der Waals surface area contributed by atoms with Crippen LogP contribution in [0, 0.1) is 0 Å². The lowest BCUT2D eigenvalue weighted by Crippen LogP contribution is -2.28. The molecule has 1 aliphatic carbocycles. The summed E-state index contributed by atoms with van der Waals surface area (Å²) in [6.07, 6.45) is 0. The third kappa shape index (κ3) is 6.42. The van der Waals surface area contributed by atoms with Gasteiger partial charge in [0.15, 0.2) is 0 Å². The molecule has 2 nitrogen and oxygen atoms in total. The summed E-state index contributed by atoms with van der Waals surface area (Å²) in [5, 5.41) is 7.02. The Morgan fingerprint density at radius 3 is 1.59 bits per heavy atom. The van der Waals surface area contributed by atoms with E-state index in [1.165, 1.54) is 71.6 Å². The number of hydrogen-bond donors (Lipinski definition) is 0. The van der Waals surface area contributed by atoms with Crippen LogP contribution in [-0.4, -0.2) is 0 Å². The largest absolute Gasteiger partial charge is 0.455 e. The normalized spacial score (nSPS) is 12.6. The summed E-state index contributed by atoms with van der Waals surface area (Å²) in [7, 11) is 0. The molecule has 0 saturated heterocycles. The second-order valence-corrected chi connectivity index (χ2v) is 18.7. The van der Waals surface area contributed by atoms with E-state index >= 15 is 0 Å². The highest BCUT2D eigenvalue weighted by molar-refractivity contribution is 6.18. The minimum atomic E-state index is -0.565. The van der Waals surface area contributed by atoms with Crippen molar-refractivity contribution in [2.75, 3.05) is 4.90 Å². The molecule has 0 N–H and O–H groups in total. The summed E-state index contributed by atoms with van der Waals surface area (Å²) in [6.45, 7) is 0. The zero-order valence-corrected chi connectivity index (χ0v) is 38.8. The fourth-order valence-electron chi connectivity index (χ4n) is 11.8. The molecule has 0 saturated carbocycles.